The van der Waals surface area contributed by atoms with E-state index in [1.807, 2.05) is 0 Å². The Balaban J connectivity index is 1.72. The van der Waals surface area contributed by atoms with Gasteiger partial charge >= 0.3 is 0 Å². The van der Waals surface area contributed by atoms with Crippen LogP contribution in [0.2, 0.25) is 0 Å². The normalized spacial score (nSPS) is 30.1. The fourth-order valence-corrected chi connectivity index (χ4v) is 2.89. The Morgan fingerprint density at radius 1 is 1.33 bits per heavy atom. The maximum absolute atomic E-state index is 10.7. The molecule has 96 valence electrons. The number of hydrogen-bond acceptors (Lipinski definition) is 4. The Morgan fingerprint density at radius 2 is 2.11 bits per heavy atom. The number of piperidine rings is 3. The summed E-state index contributed by atoms with van der Waals surface area (Å²) in [6.07, 6.45) is 2.55. The van der Waals surface area contributed by atoms with Gasteiger partial charge in [0.25, 0.3) is 5.69 Å². The maximum atomic E-state index is 10.7. The molecule has 0 amide bonds. The summed E-state index contributed by atoms with van der Waals surface area (Å²) in [5.41, 5.74) is 0.0915. The van der Waals surface area contributed by atoms with E-state index in [1.54, 1.807) is 12.1 Å². The number of nitro benzene ring substituents is 1. The van der Waals surface area contributed by atoms with Crippen molar-refractivity contribution in [3.63, 3.8) is 0 Å². The summed E-state index contributed by atoms with van der Waals surface area (Å²) in [4.78, 5) is 12.7. The van der Waals surface area contributed by atoms with Crippen molar-refractivity contribution in [2.75, 3.05) is 19.6 Å². The number of nitrogens with zero attached hydrogens (tertiary/aromatic N) is 2. The summed E-state index contributed by atoms with van der Waals surface area (Å²) < 4.78 is 5.93. The van der Waals surface area contributed by atoms with Crippen LogP contribution in [0.25, 0.3) is 0 Å². The zero-order chi connectivity index (χ0) is 12.5. The third-order valence-corrected chi connectivity index (χ3v) is 3.91. The maximum Gasteiger partial charge on any atom is 0.273 e. The average molecular weight is 248 g/mol. The molecule has 0 radical (unpaired) electrons. The second-order valence-corrected chi connectivity index (χ2v) is 5.05. The molecule has 5 nitrogen and oxygen atoms in total. The SMILES string of the molecule is O=[N+]([O-])c1cccc(OC2CN3CCC2CC3)c1. The van der Waals surface area contributed by atoms with E-state index in [0.717, 1.165) is 6.54 Å². The van der Waals surface area contributed by atoms with E-state index in [4.69, 9.17) is 4.74 Å². The molecular formula is C13H16N2O3. The number of fused-ring (bicyclic) bond motifs is 3. The molecule has 18 heavy (non-hydrogen) atoms. The molecule has 3 aliphatic rings. The van der Waals surface area contributed by atoms with Crippen molar-refractivity contribution >= 4 is 5.69 Å². The minimum atomic E-state index is -0.386. The number of rotatable bonds is 3. The Kier molecular flexibility index (Phi) is 2.91. The van der Waals surface area contributed by atoms with Gasteiger partial charge in [-0.05, 0) is 37.9 Å². The lowest BCUT2D eigenvalue weighted by atomic mass is 9.86. The molecule has 4 rings (SSSR count). The molecule has 0 spiro atoms. The minimum absolute atomic E-state index is 0.0915. The molecule has 1 atom stereocenters. The molecule has 0 saturated carbocycles. The predicted molar refractivity (Wildman–Crippen MR) is 66.7 cm³/mol. The second kappa shape index (κ2) is 4.57. The van der Waals surface area contributed by atoms with E-state index in [2.05, 4.69) is 4.90 Å². The second-order valence-electron chi connectivity index (χ2n) is 5.05. The molecule has 3 aliphatic heterocycles. The molecule has 2 bridgehead atoms. The van der Waals surface area contributed by atoms with Crippen LogP contribution < -0.4 is 4.74 Å². The van der Waals surface area contributed by atoms with Gasteiger partial charge in [-0.3, -0.25) is 15.0 Å². The summed E-state index contributed by atoms with van der Waals surface area (Å²) in [6.45, 7) is 3.28. The van der Waals surface area contributed by atoms with Gasteiger partial charge in [-0.1, -0.05) is 6.07 Å². The molecular weight excluding hydrogens is 232 g/mol. The van der Waals surface area contributed by atoms with Crippen LogP contribution in [0.3, 0.4) is 0 Å². The average Bonchev–Trinajstić information content (AvgIpc) is 2.40. The zero-order valence-electron chi connectivity index (χ0n) is 10.1. The molecule has 0 aromatic heterocycles. The predicted octanol–water partition coefficient (Wildman–Crippen LogP) is 2.07. The molecule has 1 unspecified atom stereocenters. The third kappa shape index (κ3) is 2.18. The molecule has 3 heterocycles. The third-order valence-electron chi connectivity index (χ3n) is 3.91. The number of ether oxygens (including phenoxy) is 1. The van der Waals surface area contributed by atoms with E-state index >= 15 is 0 Å². The van der Waals surface area contributed by atoms with E-state index in [1.165, 1.54) is 38.1 Å². The lowest BCUT2D eigenvalue weighted by Gasteiger charge is -2.44. The summed E-state index contributed by atoms with van der Waals surface area (Å²) in [5.74, 6) is 1.22. The van der Waals surface area contributed by atoms with Crippen molar-refractivity contribution in [2.45, 2.75) is 18.9 Å². The molecule has 1 aromatic carbocycles. The Labute approximate surface area is 106 Å². The standard InChI is InChI=1S/C13H16N2O3/c16-15(17)11-2-1-3-12(8-11)18-13-9-14-6-4-10(13)5-7-14/h1-3,8,10,13H,4-7,9H2. The van der Waals surface area contributed by atoms with E-state index in [0.29, 0.717) is 11.7 Å². The first-order valence-electron chi connectivity index (χ1n) is 6.36. The largest absolute Gasteiger partial charge is 0.489 e. The lowest BCUT2D eigenvalue weighted by Crippen LogP contribution is -2.52. The van der Waals surface area contributed by atoms with Gasteiger partial charge in [-0.15, -0.1) is 0 Å². The van der Waals surface area contributed by atoms with Gasteiger partial charge in [0.1, 0.15) is 11.9 Å². The fraction of sp³-hybridized carbons (Fsp3) is 0.538. The van der Waals surface area contributed by atoms with Crippen molar-refractivity contribution in [3.8, 4) is 5.75 Å². The van der Waals surface area contributed by atoms with Crippen LogP contribution in [0.4, 0.5) is 5.69 Å². The molecule has 1 aromatic rings. The molecule has 3 fully saturated rings. The van der Waals surface area contributed by atoms with Crippen LogP contribution in [0.1, 0.15) is 12.8 Å². The summed E-state index contributed by atoms with van der Waals surface area (Å²) >= 11 is 0. The summed E-state index contributed by atoms with van der Waals surface area (Å²) in [6, 6.07) is 6.47. The summed E-state index contributed by atoms with van der Waals surface area (Å²) in [5, 5.41) is 10.7. The molecule has 0 N–H and O–H groups in total. The first-order chi connectivity index (χ1) is 8.72. The minimum Gasteiger partial charge on any atom is -0.489 e. The van der Waals surface area contributed by atoms with Crippen LogP contribution in [-0.2, 0) is 0 Å². The van der Waals surface area contributed by atoms with Gasteiger partial charge in [-0.25, -0.2) is 0 Å². The smallest absolute Gasteiger partial charge is 0.273 e. The van der Waals surface area contributed by atoms with Gasteiger partial charge in [0.15, 0.2) is 0 Å². The zero-order valence-corrected chi connectivity index (χ0v) is 10.1. The van der Waals surface area contributed by atoms with E-state index in [-0.39, 0.29) is 16.7 Å². The van der Waals surface area contributed by atoms with Gasteiger partial charge < -0.3 is 4.74 Å². The highest BCUT2D eigenvalue weighted by Gasteiger charge is 2.35. The Bertz CT molecular complexity index is 455. The van der Waals surface area contributed by atoms with Crippen LogP contribution in [0.5, 0.6) is 5.75 Å². The molecule has 5 heteroatoms. The van der Waals surface area contributed by atoms with Crippen molar-refractivity contribution in [1.29, 1.82) is 0 Å². The van der Waals surface area contributed by atoms with Gasteiger partial charge in [-0.2, -0.15) is 0 Å². The first-order valence-corrected chi connectivity index (χ1v) is 6.36. The van der Waals surface area contributed by atoms with Crippen molar-refractivity contribution in [2.24, 2.45) is 5.92 Å². The van der Waals surface area contributed by atoms with Crippen LogP contribution >= 0.6 is 0 Å². The topological polar surface area (TPSA) is 55.6 Å². The van der Waals surface area contributed by atoms with E-state index < -0.39 is 0 Å². The van der Waals surface area contributed by atoms with Crippen LogP contribution in [0.15, 0.2) is 24.3 Å². The highest BCUT2D eigenvalue weighted by molar-refractivity contribution is 5.38. The number of hydrogen-bond donors (Lipinski definition) is 0. The van der Waals surface area contributed by atoms with E-state index in [9.17, 15) is 10.1 Å². The van der Waals surface area contributed by atoms with Gasteiger partial charge in [0.2, 0.25) is 0 Å². The quantitative estimate of drug-likeness (QED) is 0.607. The monoisotopic (exact) mass is 248 g/mol. The Hall–Kier alpha value is -1.62. The lowest BCUT2D eigenvalue weighted by molar-refractivity contribution is -0.385. The van der Waals surface area contributed by atoms with Crippen molar-refractivity contribution in [1.82, 2.24) is 4.90 Å². The number of nitro groups is 1. The van der Waals surface area contributed by atoms with Crippen LogP contribution in [0, 0.1) is 16.0 Å². The van der Waals surface area contributed by atoms with Gasteiger partial charge in [0, 0.05) is 12.6 Å². The number of non-ortho nitro benzene ring substituents is 1. The van der Waals surface area contributed by atoms with Crippen molar-refractivity contribution < 1.29 is 9.66 Å². The van der Waals surface area contributed by atoms with Crippen molar-refractivity contribution in [3.05, 3.63) is 34.4 Å². The molecule has 0 aliphatic carbocycles. The highest BCUT2D eigenvalue weighted by atomic mass is 16.6. The highest BCUT2D eigenvalue weighted by Crippen LogP contribution is 2.31. The Morgan fingerprint density at radius 3 is 2.72 bits per heavy atom. The first kappa shape index (κ1) is 11.5. The fourth-order valence-electron chi connectivity index (χ4n) is 2.89. The molecule has 3 saturated heterocycles. The number of benzene rings is 1. The van der Waals surface area contributed by atoms with Crippen LogP contribution in [-0.4, -0.2) is 35.6 Å². The summed E-state index contributed by atoms with van der Waals surface area (Å²) in [7, 11) is 0. The van der Waals surface area contributed by atoms with Gasteiger partial charge in [0.05, 0.1) is 11.0 Å².